The molecule has 3 heterocycles. The van der Waals surface area contributed by atoms with E-state index in [4.69, 9.17) is 5.73 Å². The summed E-state index contributed by atoms with van der Waals surface area (Å²) in [5.41, 5.74) is 9.67. The maximum absolute atomic E-state index is 12.9. The number of amides is 1. The van der Waals surface area contributed by atoms with Crippen LogP contribution in [0, 0.1) is 12.8 Å². The first-order chi connectivity index (χ1) is 12.1. The Labute approximate surface area is 150 Å². The number of benzene rings is 1. The number of carbonyl (C=O) groups is 1. The summed E-state index contributed by atoms with van der Waals surface area (Å²) in [6, 6.07) is 7.92. The number of nitrogen functional groups attached to an aromatic ring is 1. The quantitative estimate of drug-likeness (QED) is 0.785. The summed E-state index contributed by atoms with van der Waals surface area (Å²) in [5.74, 6) is 0.600. The minimum absolute atomic E-state index is 0.102. The summed E-state index contributed by atoms with van der Waals surface area (Å²) in [4.78, 5) is 23.4. The smallest absolute Gasteiger partial charge is 0.253 e. The van der Waals surface area contributed by atoms with E-state index < -0.39 is 0 Å². The number of fused-ring (bicyclic) bond motifs is 1. The highest BCUT2D eigenvalue weighted by atomic mass is 32.1. The molecule has 4 rings (SSSR count). The Morgan fingerprint density at radius 3 is 3.12 bits per heavy atom. The molecule has 128 valence electrons. The molecule has 5 nitrogen and oxygen atoms in total. The van der Waals surface area contributed by atoms with Crippen LogP contribution < -0.4 is 5.73 Å². The number of aryl methyl sites for hydroxylation is 1. The third-order valence-corrected chi connectivity index (χ3v) is 5.60. The summed E-state index contributed by atoms with van der Waals surface area (Å²) in [6.45, 7) is 3.59. The fourth-order valence-corrected chi connectivity index (χ4v) is 4.41. The number of likely N-dealkylation sites (tertiary alicyclic amines) is 1. The maximum atomic E-state index is 12.9. The first-order valence-electron chi connectivity index (χ1n) is 8.45. The number of nitrogens with two attached hydrogens (primary N) is 1. The average molecular weight is 352 g/mol. The first kappa shape index (κ1) is 16.0. The zero-order valence-electron chi connectivity index (χ0n) is 14.1. The number of hydrogen-bond acceptors (Lipinski definition) is 5. The van der Waals surface area contributed by atoms with E-state index in [-0.39, 0.29) is 5.91 Å². The molecule has 6 heteroatoms. The van der Waals surface area contributed by atoms with Crippen molar-refractivity contribution < 1.29 is 4.79 Å². The number of pyridine rings is 1. The van der Waals surface area contributed by atoms with Crippen molar-refractivity contribution in [1.29, 1.82) is 0 Å². The molecule has 0 spiro atoms. The van der Waals surface area contributed by atoms with Gasteiger partial charge in [-0.3, -0.25) is 9.78 Å². The van der Waals surface area contributed by atoms with Gasteiger partial charge in [0.2, 0.25) is 0 Å². The second-order valence-electron chi connectivity index (χ2n) is 6.66. The second kappa shape index (κ2) is 6.44. The molecule has 25 heavy (non-hydrogen) atoms. The lowest BCUT2D eigenvalue weighted by Crippen LogP contribution is -2.29. The predicted molar refractivity (Wildman–Crippen MR) is 101 cm³/mol. The number of thiazole rings is 1. The van der Waals surface area contributed by atoms with Crippen molar-refractivity contribution >= 4 is 32.6 Å². The molecule has 1 atom stereocenters. The summed E-state index contributed by atoms with van der Waals surface area (Å²) in [7, 11) is 0. The molecule has 1 amide bonds. The Kier molecular flexibility index (Phi) is 4.13. The molecule has 1 saturated heterocycles. The molecular formula is C19H20N4OS. The third-order valence-electron chi connectivity index (χ3n) is 4.77. The molecular weight excluding hydrogens is 332 g/mol. The molecule has 1 aliphatic heterocycles. The van der Waals surface area contributed by atoms with Gasteiger partial charge >= 0.3 is 0 Å². The van der Waals surface area contributed by atoms with Crippen molar-refractivity contribution in [1.82, 2.24) is 14.9 Å². The molecule has 3 aromatic rings. The van der Waals surface area contributed by atoms with Crippen LogP contribution in [0.5, 0.6) is 0 Å². The van der Waals surface area contributed by atoms with Crippen LogP contribution in [0.1, 0.15) is 27.9 Å². The fourth-order valence-electron chi connectivity index (χ4n) is 3.56. The Morgan fingerprint density at radius 2 is 2.32 bits per heavy atom. The van der Waals surface area contributed by atoms with E-state index in [2.05, 4.69) is 16.0 Å². The van der Waals surface area contributed by atoms with Gasteiger partial charge in [0.1, 0.15) is 0 Å². The van der Waals surface area contributed by atoms with Crippen molar-refractivity contribution in [3.63, 3.8) is 0 Å². The van der Waals surface area contributed by atoms with Gasteiger partial charge in [-0.05, 0) is 55.0 Å². The first-order valence-corrected chi connectivity index (χ1v) is 9.26. The zero-order valence-corrected chi connectivity index (χ0v) is 14.9. The standard InChI is InChI=1S/C19H20N4OS/c1-12-7-15(9-16-17(12)22-19(20)25-16)18(24)23-6-4-14(11-23)8-13-3-2-5-21-10-13/h2-3,5,7,9-10,14H,4,6,8,11H2,1H3,(H2,20,22). The van der Waals surface area contributed by atoms with E-state index in [9.17, 15) is 4.79 Å². The zero-order chi connectivity index (χ0) is 17.4. The lowest BCUT2D eigenvalue weighted by Gasteiger charge is -2.17. The van der Waals surface area contributed by atoms with Gasteiger partial charge in [-0.2, -0.15) is 0 Å². The predicted octanol–water partition coefficient (Wildman–Crippen LogP) is 3.29. The van der Waals surface area contributed by atoms with Gasteiger partial charge in [0.05, 0.1) is 10.2 Å². The van der Waals surface area contributed by atoms with Gasteiger partial charge in [-0.25, -0.2) is 4.98 Å². The summed E-state index contributed by atoms with van der Waals surface area (Å²) >= 11 is 1.43. The highest BCUT2D eigenvalue weighted by Crippen LogP contribution is 2.29. The number of nitrogens with zero attached hydrogens (tertiary/aromatic N) is 3. The Morgan fingerprint density at radius 1 is 1.44 bits per heavy atom. The van der Waals surface area contributed by atoms with Crippen LogP contribution in [0.2, 0.25) is 0 Å². The number of rotatable bonds is 3. The molecule has 1 aromatic carbocycles. The number of carbonyl (C=O) groups excluding carboxylic acids is 1. The fraction of sp³-hybridized carbons (Fsp3) is 0.316. The van der Waals surface area contributed by atoms with Gasteiger partial charge in [-0.1, -0.05) is 17.4 Å². The van der Waals surface area contributed by atoms with E-state index in [1.54, 1.807) is 6.20 Å². The van der Waals surface area contributed by atoms with Crippen LogP contribution in [0.15, 0.2) is 36.7 Å². The highest BCUT2D eigenvalue weighted by Gasteiger charge is 2.27. The summed E-state index contributed by atoms with van der Waals surface area (Å²) in [6.07, 6.45) is 5.71. The summed E-state index contributed by atoms with van der Waals surface area (Å²) < 4.78 is 0.979. The molecule has 0 radical (unpaired) electrons. The van der Waals surface area contributed by atoms with Crippen molar-refractivity contribution in [3.8, 4) is 0 Å². The lowest BCUT2D eigenvalue weighted by molar-refractivity contribution is 0.0787. The number of anilines is 1. The molecule has 2 aromatic heterocycles. The van der Waals surface area contributed by atoms with Crippen molar-refractivity contribution in [3.05, 3.63) is 53.3 Å². The van der Waals surface area contributed by atoms with Gasteiger partial charge in [-0.15, -0.1) is 0 Å². The second-order valence-corrected chi connectivity index (χ2v) is 7.73. The van der Waals surface area contributed by atoms with E-state index in [1.807, 2.05) is 36.2 Å². The molecule has 1 unspecified atom stereocenters. The van der Waals surface area contributed by atoms with Crippen LogP contribution in [-0.4, -0.2) is 33.9 Å². The van der Waals surface area contributed by atoms with E-state index in [0.29, 0.717) is 11.0 Å². The molecule has 1 fully saturated rings. The van der Waals surface area contributed by atoms with Crippen LogP contribution in [0.4, 0.5) is 5.13 Å². The Bertz CT molecular complexity index is 922. The minimum atomic E-state index is 0.102. The third kappa shape index (κ3) is 3.22. The van der Waals surface area contributed by atoms with Crippen molar-refractivity contribution in [2.24, 2.45) is 5.92 Å². The average Bonchev–Trinajstić information content (AvgIpc) is 3.21. The number of aromatic nitrogens is 2. The largest absolute Gasteiger partial charge is 0.375 e. The van der Waals surface area contributed by atoms with Crippen LogP contribution in [-0.2, 0) is 6.42 Å². The van der Waals surface area contributed by atoms with Crippen molar-refractivity contribution in [2.45, 2.75) is 19.8 Å². The van der Waals surface area contributed by atoms with Crippen LogP contribution >= 0.6 is 11.3 Å². The maximum Gasteiger partial charge on any atom is 0.253 e. The van der Waals surface area contributed by atoms with Crippen LogP contribution in [0.25, 0.3) is 10.2 Å². The Balaban J connectivity index is 1.50. The Hall–Kier alpha value is -2.47. The highest BCUT2D eigenvalue weighted by molar-refractivity contribution is 7.22. The molecule has 1 aliphatic rings. The molecule has 0 aliphatic carbocycles. The van der Waals surface area contributed by atoms with E-state index in [0.717, 1.165) is 47.3 Å². The van der Waals surface area contributed by atoms with Gasteiger partial charge in [0, 0.05) is 31.0 Å². The normalized spacial score (nSPS) is 17.3. The topological polar surface area (TPSA) is 72.1 Å². The SMILES string of the molecule is Cc1cc(C(=O)N2CCC(Cc3cccnc3)C2)cc2sc(N)nc12. The van der Waals surface area contributed by atoms with E-state index in [1.165, 1.54) is 16.9 Å². The van der Waals surface area contributed by atoms with Crippen molar-refractivity contribution in [2.75, 3.05) is 18.8 Å². The summed E-state index contributed by atoms with van der Waals surface area (Å²) in [5, 5.41) is 0.542. The van der Waals surface area contributed by atoms with Gasteiger partial charge in [0.25, 0.3) is 5.91 Å². The lowest BCUT2D eigenvalue weighted by atomic mass is 10.00. The van der Waals surface area contributed by atoms with E-state index >= 15 is 0 Å². The molecule has 0 saturated carbocycles. The van der Waals surface area contributed by atoms with Gasteiger partial charge in [0.15, 0.2) is 5.13 Å². The number of hydrogen-bond donors (Lipinski definition) is 1. The van der Waals surface area contributed by atoms with Gasteiger partial charge < -0.3 is 10.6 Å². The molecule has 2 N–H and O–H groups in total. The van der Waals surface area contributed by atoms with Crippen LogP contribution in [0.3, 0.4) is 0 Å². The monoisotopic (exact) mass is 352 g/mol. The minimum Gasteiger partial charge on any atom is -0.375 e. The molecule has 0 bridgehead atoms.